The summed E-state index contributed by atoms with van der Waals surface area (Å²) in [6.07, 6.45) is 5.43. The molecule has 0 unspecified atom stereocenters. The molecule has 0 amide bonds. The van der Waals surface area contributed by atoms with E-state index in [0.29, 0.717) is 23.3 Å². The van der Waals surface area contributed by atoms with Gasteiger partial charge in [0, 0.05) is 31.2 Å². The van der Waals surface area contributed by atoms with Crippen LogP contribution in [0.1, 0.15) is 63.0 Å². The lowest BCUT2D eigenvalue weighted by Crippen LogP contribution is -2.33. The van der Waals surface area contributed by atoms with Gasteiger partial charge in [-0.2, -0.15) is 23.1 Å². The fraction of sp³-hybridized carbons (Fsp3) is 0.560. The van der Waals surface area contributed by atoms with Crippen molar-refractivity contribution in [1.29, 1.82) is 0 Å². The number of hydrogen-bond acceptors (Lipinski definition) is 8. The van der Waals surface area contributed by atoms with E-state index < -0.39 is 21.8 Å². The number of imidazole rings is 1. The SMILES string of the molecule is Cl.Cl.NC1CCC(Nc2nc(NCCNS(=O)(=O)c3ccc(C(F)(F)F)cc3)c3ncn(C4CCCC4)c3n2)CC1. The van der Waals surface area contributed by atoms with Crippen LogP contribution in [0.25, 0.3) is 11.2 Å². The van der Waals surface area contributed by atoms with E-state index in [4.69, 9.17) is 10.7 Å². The minimum Gasteiger partial charge on any atom is -0.367 e. The molecule has 3 aromatic rings. The van der Waals surface area contributed by atoms with E-state index in [1.165, 1.54) is 0 Å². The normalized spacial score (nSPS) is 19.9. The fourth-order valence-electron chi connectivity index (χ4n) is 5.27. The first-order chi connectivity index (χ1) is 18.6. The molecule has 0 atom stereocenters. The summed E-state index contributed by atoms with van der Waals surface area (Å²) in [5, 5.41) is 6.61. The summed E-state index contributed by atoms with van der Waals surface area (Å²) >= 11 is 0. The second kappa shape index (κ2) is 13.7. The number of aromatic nitrogens is 4. The van der Waals surface area contributed by atoms with Crippen LogP contribution in [0, 0.1) is 0 Å². The van der Waals surface area contributed by atoms with Crippen molar-refractivity contribution in [3.8, 4) is 0 Å². The van der Waals surface area contributed by atoms with Crippen LogP contribution in [0.3, 0.4) is 0 Å². The Kier molecular flexibility index (Phi) is 11.1. The Bertz CT molecular complexity index is 1390. The monoisotopic (exact) mass is 638 g/mol. The highest BCUT2D eigenvalue weighted by atomic mass is 35.5. The molecular formula is C25H35Cl2F3N8O2S. The summed E-state index contributed by atoms with van der Waals surface area (Å²) < 4.78 is 68.1. The predicted octanol–water partition coefficient (Wildman–Crippen LogP) is 4.88. The molecule has 2 fully saturated rings. The molecule has 16 heteroatoms. The number of fused-ring (bicyclic) bond motifs is 1. The maximum absolute atomic E-state index is 12.8. The van der Waals surface area contributed by atoms with Gasteiger partial charge in [-0.3, -0.25) is 0 Å². The third-order valence-corrected chi connectivity index (χ3v) is 8.92. The molecule has 5 rings (SSSR count). The van der Waals surface area contributed by atoms with Gasteiger partial charge in [-0.15, -0.1) is 24.8 Å². The van der Waals surface area contributed by atoms with Gasteiger partial charge in [0.15, 0.2) is 17.0 Å². The fourth-order valence-corrected chi connectivity index (χ4v) is 6.30. The van der Waals surface area contributed by atoms with E-state index in [1.54, 1.807) is 6.33 Å². The van der Waals surface area contributed by atoms with Crippen molar-refractivity contribution in [1.82, 2.24) is 24.2 Å². The van der Waals surface area contributed by atoms with Gasteiger partial charge in [0.25, 0.3) is 0 Å². The van der Waals surface area contributed by atoms with Crippen LogP contribution in [0.2, 0.25) is 0 Å². The minimum atomic E-state index is -4.54. The van der Waals surface area contributed by atoms with E-state index in [2.05, 4.69) is 29.9 Å². The van der Waals surface area contributed by atoms with E-state index in [-0.39, 0.29) is 54.9 Å². The van der Waals surface area contributed by atoms with Gasteiger partial charge in [0.05, 0.1) is 16.8 Å². The van der Waals surface area contributed by atoms with E-state index in [1.807, 2.05) is 0 Å². The minimum absolute atomic E-state index is 0. The summed E-state index contributed by atoms with van der Waals surface area (Å²) in [4.78, 5) is 13.8. The molecule has 10 nitrogen and oxygen atoms in total. The molecule has 5 N–H and O–H groups in total. The molecule has 1 aromatic carbocycles. The van der Waals surface area contributed by atoms with Gasteiger partial charge >= 0.3 is 6.18 Å². The molecule has 2 aromatic heterocycles. The maximum atomic E-state index is 12.8. The van der Waals surface area contributed by atoms with Crippen molar-refractivity contribution in [3.63, 3.8) is 0 Å². The van der Waals surface area contributed by atoms with Gasteiger partial charge in [-0.1, -0.05) is 12.8 Å². The third-order valence-electron chi connectivity index (χ3n) is 7.45. The molecule has 41 heavy (non-hydrogen) atoms. The average molecular weight is 640 g/mol. The summed E-state index contributed by atoms with van der Waals surface area (Å²) in [5.41, 5.74) is 6.46. The Morgan fingerprint density at radius 3 is 2.24 bits per heavy atom. The number of benzene rings is 1. The van der Waals surface area contributed by atoms with Gasteiger partial charge in [-0.25, -0.2) is 18.1 Å². The zero-order valence-electron chi connectivity index (χ0n) is 22.2. The topological polar surface area (TPSA) is 140 Å². The molecule has 2 aliphatic rings. The van der Waals surface area contributed by atoms with Crippen LogP contribution in [0.15, 0.2) is 35.5 Å². The second-order valence-corrected chi connectivity index (χ2v) is 12.0. The molecule has 2 heterocycles. The zero-order valence-corrected chi connectivity index (χ0v) is 24.7. The summed E-state index contributed by atoms with van der Waals surface area (Å²) in [7, 11) is -3.99. The van der Waals surface area contributed by atoms with Gasteiger partial charge < -0.3 is 20.9 Å². The van der Waals surface area contributed by atoms with Crippen LogP contribution in [-0.2, 0) is 16.2 Å². The lowest BCUT2D eigenvalue weighted by Gasteiger charge is -2.27. The van der Waals surface area contributed by atoms with E-state index in [0.717, 1.165) is 81.3 Å². The lowest BCUT2D eigenvalue weighted by atomic mass is 9.92. The molecule has 2 saturated carbocycles. The number of alkyl halides is 3. The van der Waals surface area contributed by atoms with Crippen molar-refractivity contribution >= 4 is 57.8 Å². The van der Waals surface area contributed by atoms with Crippen LogP contribution in [-0.4, -0.2) is 53.1 Å². The van der Waals surface area contributed by atoms with Crippen molar-refractivity contribution in [2.75, 3.05) is 23.7 Å². The Morgan fingerprint density at radius 1 is 0.951 bits per heavy atom. The first kappa shape index (κ1) is 33.1. The molecule has 0 saturated heterocycles. The molecule has 0 radical (unpaired) electrons. The zero-order chi connectivity index (χ0) is 27.6. The Balaban J connectivity index is 0.00000231. The van der Waals surface area contributed by atoms with Crippen molar-refractivity contribution in [3.05, 3.63) is 36.2 Å². The molecular weight excluding hydrogens is 604 g/mol. The number of hydrogen-bond donors (Lipinski definition) is 4. The van der Waals surface area contributed by atoms with Gasteiger partial charge in [0.1, 0.15) is 0 Å². The Labute approximate surface area is 249 Å². The number of halogens is 5. The largest absolute Gasteiger partial charge is 0.416 e. The Hall–Kier alpha value is -2.39. The van der Waals surface area contributed by atoms with Gasteiger partial charge in [0.2, 0.25) is 16.0 Å². The number of nitrogens with one attached hydrogen (secondary N) is 3. The quantitative estimate of drug-likeness (QED) is 0.243. The van der Waals surface area contributed by atoms with E-state index in [9.17, 15) is 21.6 Å². The van der Waals surface area contributed by atoms with Crippen molar-refractivity contribution in [2.24, 2.45) is 5.73 Å². The summed E-state index contributed by atoms with van der Waals surface area (Å²) in [6, 6.07) is 4.15. The van der Waals surface area contributed by atoms with E-state index >= 15 is 0 Å². The average Bonchev–Trinajstić information content (AvgIpc) is 3.58. The smallest absolute Gasteiger partial charge is 0.367 e. The highest BCUT2D eigenvalue weighted by Crippen LogP contribution is 2.33. The number of rotatable bonds is 9. The van der Waals surface area contributed by atoms with Gasteiger partial charge in [-0.05, 0) is 62.8 Å². The summed E-state index contributed by atoms with van der Waals surface area (Å²) in [5.74, 6) is 0.969. The van der Waals surface area contributed by atoms with Crippen LogP contribution < -0.4 is 21.1 Å². The Morgan fingerprint density at radius 2 is 1.61 bits per heavy atom. The first-order valence-corrected chi connectivity index (χ1v) is 14.8. The molecule has 0 spiro atoms. The third kappa shape index (κ3) is 7.92. The first-order valence-electron chi connectivity index (χ1n) is 13.3. The van der Waals surface area contributed by atoms with Crippen LogP contribution >= 0.6 is 24.8 Å². The number of anilines is 2. The summed E-state index contributed by atoms with van der Waals surface area (Å²) in [6.45, 7) is 0.168. The van der Waals surface area contributed by atoms with Crippen molar-refractivity contribution in [2.45, 2.75) is 80.6 Å². The molecule has 0 bridgehead atoms. The number of nitrogens with zero attached hydrogens (tertiary/aromatic N) is 4. The standard InChI is InChI=1S/C25H33F3N8O2S.2ClH/c26-25(27,28)16-5-11-20(12-6-16)39(37,38)32-14-13-30-22-21-23(36(15-31-21)19-3-1-2-4-19)35-24(34-22)33-18-9-7-17(29)8-10-18;;/h5-6,11-12,15,17-19,32H,1-4,7-10,13-14,29H2,(H2,30,33,34,35);2*1H. The molecule has 228 valence electrons. The van der Waals surface area contributed by atoms with Crippen LogP contribution in [0.4, 0.5) is 24.9 Å². The second-order valence-electron chi connectivity index (χ2n) is 10.3. The number of nitrogens with two attached hydrogens (primary N) is 1. The lowest BCUT2D eigenvalue weighted by molar-refractivity contribution is -0.137. The molecule has 0 aliphatic heterocycles. The van der Waals surface area contributed by atoms with Crippen molar-refractivity contribution < 1.29 is 21.6 Å². The highest BCUT2D eigenvalue weighted by molar-refractivity contribution is 7.89. The maximum Gasteiger partial charge on any atom is 0.416 e. The van der Waals surface area contributed by atoms with Crippen LogP contribution in [0.5, 0.6) is 0 Å². The highest BCUT2D eigenvalue weighted by Gasteiger charge is 2.30. The predicted molar refractivity (Wildman–Crippen MR) is 156 cm³/mol. The molecule has 2 aliphatic carbocycles. The number of sulfonamides is 1.